The van der Waals surface area contributed by atoms with Gasteiger partial charge in [-0.05, 0) is 43.7 Å². The van der Waals surface area contributed by atoms with Gasteiger partial charge in [0.1, 0.15) is 17.2 Å². The smallest absolute Gasteiger partial charge is 0.297 e. The van der Waals surface area contributed by atoms with E-state index in [2.05, 4.69) is 10.3 Å². The van der Waals surface area contributed by atoms with Gasteiger partial charge in [-0.25, -0.2) is 4.68 Å². The summed E-state index contributed by atoms with van der Waals surface area (Å²) in [6.45, 7) is 4.18. The van der Waals surface area contributed by atoms with E-state index in [-0.39, 0.29) is 5.56 Å². The number of hydrogen-bond donors (Lipinski definition) is 0. The maximum absolute atomic E-state index is 12.9. The van der Waals surface area contributed by atoms with Gasteiger partial charge in [0.15, 0.2) is 5.52 Å². The zero-order chi connectivity index (χ0) is 19.0. The number of aryl methyl sites for hydroxylation is 2. The molecular weight excluding hydrogens is 342 g/mol. The van der Waals surface area contributed by atoms with Crippen molar-refractivity contribution in [3.05, 3.63) is 75.8 Å². The fourth-order valence-electron chi connectivity index (χ4n) is 3.06. The number of benzene rings is 2. The van der Waals surface area contributed by atoms with Crippen molar-refractivity contribution in [2.24, 2.45) is 0 Å². The Morgan fingerprint density at radius 2 is 1.74 bits per heavy atom. The molecule has 4 rings (SSSR count). The van der Waals surface area contributed by atoms with Crippen LogP contribution in [0.3, 0.4) is 0 Å². The standard InChI is InChI=1S/C21H19N3O3/c1-13-4-6-15(7-5-13)12-24-21(25)20-18(14(2)27-23-20)19(22-24)16-8-10-17(26-3)11-9-16/h4-11H,12H2,1-3H3. The summed E-state index contributed by atoms with van der Waals surface area (Å²) in [4.78, 5) is 12.9. The monoisotopic (exact) mass is 361 g/mol. The van der Waals surface area contributed by atoms with Crippen molar-refractivity contribution in [1.82, 2.24) is 14.9 Å². The Balaban J connectivity index is 1.88. The minimum atomic E-state index is -0.264. The van der Waals surface area contributed by atoms with Gasteiger partial charge in [-0.15, -0.1) is 0 Å². The van der Waals surface area contributed by atoms with E-state index in [0.29, 0.717) is 28.9 Å². The highest BCUT2D eigenvalue weighted by molar-refractivity contribution is 5.93. The first-order valence-electron chi connectivity index (χ1n) is 8.64. The number of fused-ring (bicyclic) bond motifs is 1. The number of rotatable bonds is 4. The Hall–Kier alpha value is -3.41. The van der Waals surface area contributed by atoms with E-state index in [1.165, 1.54) is 10.2 Å². The lowest BCUT2D eigenvalue weighted by Gasteiger charge is -2.10. The lowest BCUT2D eigenvalue weighted by Crippen LogP contribution is -2.24. The second-order valence-corrected chi connectivity index (χ2v) is 6.49. The van der Waals surface area contributed by atoms with Crippen molar-refractivity contribution < 1.29 is 9.26 Å². The first-order chi connectivity index (χ1) is 13.1. The average molecular weight is 361 g/mol. The number of nitrogens with zero attached hydrogens (tertiary/aromatic N) is 3. The van der Waals surface area contributed by atoms with Crippen molar-refractivity contribution in [1.29, 1.82) is 0 Å². The van der Waals surface area contributed by atoms with Crippen LogP contribution in [-0.2, 0) is 6.54 Å². The first-order valence-corrected chi connectivity index (χ1v) is 8.64. The highest BCUT2D eigenvalue weighted by Crippen LogP contribution is 2.28. The van der Waals surface area contributed by atoms with Crippen LogP contribution < -0.4 is 10.3 Å². The summed E-state index contributed by atoms with van der Waals surface area (Å²) in [5.74, 6) is 1.33. The molecule has 0 saturated heterocycles. The molecule has 2 aromatic heterocycles. The zero-order valence-corrected chi connectivity index (χ0v) is 15.4. The van der Waals surface area contributed by atoms with Crippen LogP contribution >= 0.6 is 0 Å². The largest absolute Gasteiger partial charge is 0.497 e. The predicted octanol–water partition coefficient (Wildman–Crippen LogP) is 3.73. The average Bonchev–Trinajstić information content (AvgIpc) is 3.08. The maximum atomic E-state index is 12.9. The minimum Gasteiger partial charge on any atom is -0.497 e. The number of aromatic nitrogens is 3. The fourth-order valence-corrected chi connectivity index (χ4v) is 3.06. The maximum Gasteiger partial charge on any atom is 0.297 e. The van der Waals surface area contributed by atoms with E-state index < -0.39 is 0 Å². The number of hydrogen-bond acceptors (Lipinski definition) is 5. The van der Waals surface area contributed by atoms with Gasteiger partial charge in [-0.3, -0.25) is 4.79 Å². The van der Waals surface area contributed by atoms with Gasteiger partial charge in [0.2, 0.25) is 0 Å². The van der Waals surface area contributed by atoms with Gasteiger partial charge in [0, 0.05) is 5.56 Å². The molecule has 0 atom stereocenters. The molecule has 0 aliphatic heterocycles. The highest BCUT2D eigenvalue weighted by Gasteiger charge is 2.19. The van der Waals surface area contributed by atoms with E-state index in [4.69, 9.17) is 9.26 Å². The molecule has 6 heteroatoms. The third kappa shape index (κ3) is 3.10. The molecule has 0 bridgehead atoms. The van der Waals surface area contributed by atoms with E-state index in [0.717, 1.165) is 16.9 Å². The third-order valence-corrected chi connectivity index (χ3v) is 4.57. The van der Waals surface area contributed by atoms with Gasteiger partial charge in [-0.2, -0.15) is 5.10 Å². The molecule has 6 nitrogen and oxygen atoms in total. The molecule has 0 spiro atoms. The Bertz CT molecular complexity index is 1160. The van der Waals surface area contributed by atoms with Crippen LogP contribution in [0, 0.1) is 13.8 Å². The van der Waals surface area contributed by atoms with Crippen LogP contribution in [-0.4, -0.2) is 22.0 Å². The molecule has 0 N–H and O–H groups in total. The fraction of sp³-hybridized carbons (Fsp3) is 0.190. The molecule has 136 valence electrons. The SMILES string of the molecule is COc1ccc(-c2nn(Cc3ccc(C)cc3)c(=O)c3noc(C)c23)cc1. The van der Waals surface area contributed by atoms with Gasteiger partial charge in [0.25, 0.3) is 5.56 Å². The summed E-state index contributed by atoms with van der Waals surface area (Å²) in [5, 5.41) is 9.27. The quantitative estimate of drug-likeness (QED) is 0.554. The van der Waals surface area contributed by atoms with Crippen LogP contribution in [0.5, 0.6) is 5.75 Å². The second-order valence-electron chi connectivity index (χ2n) is 6.49. The minimum absolute atomic E-state index is 0.264. The van der Waals surface area contributed by atoms with Gasteiger partial charge < -0.3 is 9.26 Å². The van der Waals surface area contributed by atoms with Crippen LogP contribution in [0.25, 0.3) is 22.2 Å². The van der Waals surface area contributed by atoms with Crippen LogP contribution in [0.1, 0.15) is 16.9 Å². The molecule has 0 unspecified atom stereocenters. The molecule has 0 amide bonds. The van der Waals surface area contributed by atoms with Crippen molar-refractivity contribution in [3.63, 3.8) is 0 Å². The second kappa shape index (κ2) is 6.72. The lowest BCUT2D eigenvalue weighted by molar-refractivity contribution is 0.405. The molecule has 2 heterocycles. The highest BCUT2D eigenvalue weighted by atomic mass is 16.5. The normalized spacial score (nSPS) is 11.1. The van der Waals surface area contributed by atoms with Gasteiger partial charge in [-0.1, -0.05) is 35.0 Å². The van der Waals surface area contributed by atoms with Crippen LogP contribution in [0.2, 0.25) is 0 Å². The summed E-state index contributed by atoms with van der Waals surface area (Å²) in [6.07, 6.45) is 0. The van der Waals surface area contributed by atoms with E-state index in [1.54, 1.807) is 14.0 Å². The topological polar surface area (TPSA) is 70.2 Å². The molecule has 0 aliphatic rings. The van der Waals surface area contributed by atoms with Gasteiger partial charge >= 0.3 is 0 Å². The van der Waals surface area contributed by atoms with E-state index in [1.807, 2.05) is 55.5 Å². The molecule has 0 fully saturated rings. The van der Waals surface area contributed by atoms with Crippen LogP contribution in [0.15, 0.2) is 57.8 Å². The van der Waals surface area contributed by atoms with Crippen molar-refractivity contribution in [3.8, 4) is 17.0 Å². The van der Waals surface area contributed by atoms with Crippen molar-refractivity contribution >= 4 is 10.9 Å². The Labute approximate surface area is 156 Å². The van der Waals surface area contributed by atoms with Crippen LogP contribution in [0.4, 0.5) is 0 Å². The number of ether oxygens (including phenoxy) is 1. The Kier molecular flexibility index (Phi) is 4.24. The first kappa shape index (κ1) is 17.0. The summed E-state index contributed by atoms with van der Waals surface area (Å²) < 4.78 is 12.0. The molecule has 2 aromatic carbocycles. The van der Waals surface area contributed by atoms with Crippen molar-refractivity contribution in [2.45, 2.75) is 20.4 Å². The van der Waals surface area contributed by atoms with E-state index >= 15 is 0 Å². The molecule has 0 aliphatic carbocycles. The Morgan fingerprint density at radius 1 is 1.04 bits per heavy atom. The zero-order valence-electron chi connectivity index (χ0n) is 15.4. The molecule has 0 radical (unpaired) electrons. The molecule has 0 saturated carbocycles. The summed E-state index contributed by atoms with van der Waals surface area (Å²) in [7, 11) is 1.62. The summed E-state index contributed by atoms with van der Waals surface area (Å²) >= 11 is 0. The summed E-state index contributed by atoms with van der Waals surface area (Å²) in [5.41, 5.74) is 3.72. The lowest BCUT2D eigenvalue weighted by atomic mass is 10.1. The summed E-state index contributed by atoms with van der Waals surface area (Å²) in [6, 6.07) is 15.6. The Morgan fingerprint density at radius 3 is 2.41 bits per heavy atom. The third-order valence-electron chi connectivity index (χ3n) is 4.57. The van der Waals surface area contributed by atoms with Crippen molar-refractivity contribution in [2.75, 3.05) is 7.11 Å². The number of methoxy groups -OCH3 is 1. The molecular formula is C21H19N3O3. The predicted molar refractivity (Wildman–Crippen MR) is 103 cm³/mol. The van der Waals surface area contributed by atoms with Gasteiger partial charge in [0.05, 0.1) is 19.0 Å². The molecule has 4 aromatic rings. The molecule has 27 heavy (non-hydrogen) atoms. The van der Waals surface area contributed by atoms with E-state index in [9.17, 15) is 4.79 Å².